The lowest BCUT2D eigenvalue weighted by Gasteiger charge is -1.96. The molecule has 0 bridgehead atoms. The minimum Gasteiger partial charge on any atom is -0.411 e. The Morgan fingerprint density at radius 1 is 1.00 bits per heavy atom. The van der Waals surface area contributed by atoms with Gasteiger partial charge in [-0.3, -0.25) is 0 Å². The highest BCUT2D eigenvalue weighted by atomic mass is 35.5. The molecule has 0 radical (unpaired) electrons. The summed E-state index contributed by atoms with van der Waals surface area (Å²) >= 11 is 8.82. The molecule has 0 unspecified atom stereocenters. The van der Waals surface area contributed by atoms with Crippen LogP contribution in [0, 0.1) is 5.82 Å². The number of hydrogen-bond donors (Lipinski definition) is 0. The molecule has 0 saturated carbocycles. The Kier molecular flexibility index (Phi) is 5.01. The Hall–Kier alpha value is -2.22. The summed E-state index contributed by atoms with van der Waals surface area (Å²) in [6.45, 7) is 0. The number of benzene rings is 2. The summed E-state index contributed by atoms with van der Waals surface area (Å²) in [5.41, 5.74) is 2.63. The zero-order chi connectivity index (χ0) is 17.9. The predicted molar refractivity (Wildman–Crippen MR) is 102 cm³/mol. The van der Waals surface area contributed by atoms with Crippen LogP contribution in [0.2, 0.25) is 5.02 Å². The van der Waals surface area contributed by atoms with Gasteiger partial charge in [0.1, 0.15) is 10.8 Å². The first kappa shape index (κ1) is 17.2. The van der Waals surface area contributed by atoms with Crippen LogP contribution in [0.3, 0.4) is 0 Å². The van der Waals surface area contributed by atoms with Crippen molar-refractivity contribution in [2.45, 2.75) is 11.0 Å². The van der Waals surface area contributed by atoms with Gasteiger partial charge in [-0.2, -0.15) is 0 Å². The van der Waals surface area contributed by atoms with E-state index in [-0.39, 0.29) is 5.82 Å². The topological polar surface area (TPSA) is 51.8 Å². The highest BCUT2D eigenvalue weighted by Crippen LogP contribution is 2.29. The Morgan fingerprint density at radius 3 is 2.50 bits per heavy atom. The minimum absolute atomic E-state index is 0.256. The predicted octanol–water partition coefficient (Wildman–Crippen LogP) is 5.94. The number of aromatic nitrogens is 3. The van der Waals surface area contributed by atoms with Crippen LogP contribution >= 0.6 is 34.7 Å². The van der Waals surface area contributed by atoms with E-state index in [2.05, 4.69) is 15.2 Å². The molecule has 2 aromatic carbocycles. The maximum atomic E-state index is 13.0. The van der Waals surface area contributed by atoms with Crippen molar-refractivity contribution in [3.63, 3.8) is 0 Å². The number of rotatable bonds is 5. The molecule has 0 N–H and O–H groups in total. The molecule has 2 aromatic heterocycles. The van der Waals surface area contributed by atoms with Crippen molar-refractivity contribution in [3.05, 3.63) is 70.4 Å². The number of thioether (sulfide) groups is 1. The molecule has 0 aliphatic rings. The third-order valence-electron chi connectivity index (χ3n) is 3.48. The number of hydrogen-bond acceptors (Lipinski definition) is 6. The van der Waals surface area contributed by atoms with E-state index >= 15 is 0 Å². The second kappa shape index (κ2) is 7.57. The van der Waals surface area contributed by atoms with E-state index in [4.69, 9.17) is 16.0 Å². The first-order valence-corrected chi connectivity index (χ1v) is 9.84. The average molecular weight is 404 g/mol. The van der Waals surface area contributed by atoms with Crippen LogP contribution < -0.4 is 0 Å². The van der Waals surface area contributed by atoms with Gasteiger partial charge in [0.15, 0.2) is 0 Å². The van der Waals surface area contributed by atoms with E-state index < -0.39 is 0 Å². The van der Waals surface area contributed by atoms with Gasteiger partial charge in [-0.25, -0.2) is 9.37 Å². The molecule has 26 heavy (non-hydrogen) atoms. The molecule has 0 aliphatic heterocycles. The van der Waals surface area contributed by atoms with Gasteiger partial charge in [0.2, 0.25) is 5.89 Å². The van der Waals surface area contributed by atoms with E-state index in [1.165, 1.54) is 35.2 Å². The molecule has 130 valence electrons. The summed E-state index contributed by atoms with van der Waals surface area (Å²) in [5, 5.41) is 12.1. The third kappa shape index (κ3) is 3.95. The van der Waals surface area contributed by atoms with Crippen LogP contribution in [0.5, 0.6) is 0 Å². The van der Waals surface area contributed by atoms with E-state index in [1.54, 1.807) is 24.3 Å². The fourth-order valence-electron chi connectivity index (χ4n) is 2.21. The zero-order valence-corrected chi connectivity index (χ0v) is 15.6. The van der Waals surface area contributed by atoms with Gasteiger partial charge >= 0.3 is 0 Å². The molecule has 4 nitrogen and oxygen atoms in total. The largest absolute Gasteiger partial charge is 0.411 e. The van der Waals surface area contributed by atoms with E-state index in [0.717, 1.165) is 21.8 Å². The highest BCUT2D eigenvalue weighted by Gasteiger charge is 2.11. The van der Waals surface area contributed by atoms with Gasteiger partial charge in [-0.1, -0.05) is 23.4 Å². The molecular weight excluding hydrogens is 393 g/mol. The summed E-state index contributed by atoms with van der Waals surface area (Å²) in [5.74, 6) is 0.809. The van der Waals surface area contributed by atoms with Crippen LogP contribution in [0.1, 0.15) is 5.69 Å². The summed E-state index contributed by atoms with van der Waals surface area (Å²) in [4.78, 5) is 4.57. The van der Waals surface area contributed by atoms with Crippen LogP contribution in [0.15, 0.2) is 63.6 Å². The summed E-state index contributed by atoms with van der Waals surface area (Å²) < 4.78 is 18.7. The van der Waals surface area contributed by atoms with E-state index in [0.29, 0.717) is 21.9 Å². The summed E-state index contributed by atoms with van der Waals surface area (Å²) in [7, 11) is 0. The van der Waals surface area contributed by atoms with Crippen LogP contribution in [0.25, 0.3) is 22.0 Å². The second-order valence-corrected chi connectivity index (χ2v) is 7.54. The third-order valence-corrected chi connectivity index (χ3v) is 5.53. The average Bonchev–Trinajstić information content (AvgIpc) is 3.31. The first-order chi connectivity index (χ1) is 12.7. The van der Waals surface area contributed by atoms with Crippen LogP contribution in [-0.2, 0) is 5.75 Å². The first-order valence-electron chi connectivity index (χ1n) is 7.60. The molecule has 4 rings (SSSR count). The molecular formula is C18H11ClFN3OS2. The van der Waals surface area contributed by atoms with Crippen molar-refractivity contribution >= 4 is 34.7 Å². The minimum atomic E-state index is -0.256. The quantitative estimate of drug-likeness (QED) is 0.385. The van der Waals surface area contributed by atoms with Gasteiger partial charge in [-0.15, -0.1) is 21.5 Å². The molecule has 0 fully saturated rings. The smallest absolute Gasteiger partial charge is 0.277 e. The Labute approximate surface area is 162 Å². The van der Waals surface area contributed by atoms with Gasteiger partial charge in [-0.05, 0) is 48.5 Å². The fourth-order valence-corrected chi connectivity index (χ4v) is 3.92. The standard InChI is InChI=1S/C18H11ClFN3OS2/c19-13-5-1-11(2-6-13)16-22-23-18(24-16)26-10-15-9-25-17(21-15)12-3-7-14(20)8-4-12/h1-9H,10H2. The van der Waals surface area contributed by atoms with E-state index in [9.17, 15) is 4.39 Å². The number of nitrogens with zero attached hydrogens (tertiary/aromatic N) is 3. The van der Waals surface area contributed by atoms with Crippen LogP contribution in [-0.4, -0.2) is 15.2 Å². The van der Waals surface area contributed by atoms with Crippen molar-refractivity contribution in [3.8, 4) is 22.0 Å². The summed E-state index contributed by atoms with van der Waals surface area (Å²) in [6.07, 6.45) is 0. The van der Waals surface area contributed by atoms with E-state index in [1.807, 2.05) is 17.5 Å². The van der Waals surface area contributed by atoms with Gasteiger partial charge in [0.05, 0.1) is 5.69 Å². The monoisotopic (exact) mass is 403 g/mol. The van der Waals surface area contributed by atoms with Gasteiger partial charge in [0.25, 0.3) is 5.22 Å². The zero-order valence-electron chi connectivity index (χ0n) is 13.2. The van der Waals surface area contributed by atoms with Crippen molar-refractivity contribution in [2.75, 3.05) is 0 Å². The SMILES string of the molecule is Fc1ccc(-c2nc(CSc3nnc(-c4ccc(Cl)cc4)o3)cs2)cc1. The molecule has 0 aliphatic carbocycles. The lowest BCUT2D eigenvalue weighted by molar-refractivity contribution is 0.466. The Balaban J connectivity index is 1.42. The lowest BCUT2D eigenvalue weighted by atomic mass is 10.2. The van der Waals surface area contributed by atoms with Crippen molar-refractivity contribution in [1.82, 2.24) is 15.2 Å². The molecule has 0 amide bonds. The maximum Gasteiger partial charge on any atom is 0.277 e. The Bertz CT molecular complexity index is 932. The lowest BCUT2D eigenvalue weighted by Crippen LogP contribution is -1.82. The second-order valence-electron chi connectivity index (χ2n) is 5.32. The van der Waals surface area contributed by atoms with Crippen molar-refractivity contribution in [2.24, 2.45) is 0 Å². The van der Waals surface area contributed by atoms with Gasteiger partial charge in [0, 0.05) is 27.3 Å². The molecule has 0 saturated heterocycles. The fraction of sp³-hybridized carbons (Fsp3) is 0.0556. The number of thiazole rings is 1. The summed E-state index contributed by atoms with van der Waals surface area (Å²) in [6, 6.07) is 13.5. The normalized spacial score (nSPS) is 11.0. The molecule has 2 heterocycles. The molecule has 0 atom stereocenters. The Morgan fingerprint density at radius 2 is 1.73 bits per heavy atom. The number of halogens is 2. The molecule has 0 spiro atoms. The molecule has 8 heteroatoms. The maximum absolute atomic E-state index is 13.0. The van der Waals surface area contributed by atoms with Crippen LogP contribution in [0.4, 0.5) is 4.39 Å². The van der Waals surface area contributed by atoms with Crippen molar-refractivity contribution in [1.29, 1.82) is 0 Å². The molecule has 4 aromatic rings. The van der Waals surface area contributed by atoms with Gasteiger partial charge < -0.3 is 4.42 Å². The highest BCUT2D eigenvalue weighted by molar-refractivity contribution is 7.98. The van der Waals surface area contributed by atoms with Crippen molar-refractivity contribution < 1.29 is 8.81 Å².